The maximum Gasteiger partial charge on any atom is 0.235 e. The molecule has 2 heterocycles. The van der Waals surface area contributed by atoms with Gasteiger partial charge in [-0.2, -0.15) is 0 Å². The Kier molecular flexibility index (Phi) is 2.70. The van der Waals surface area contributed by atoms with Crippen molar-refractivity contribution in [2.24, 2.45) is 5.92 Å². The first-order chi connectivity index (χ1) is 9.63. The van der Waals surface area contributed by atoms with Gasteiger partial charge in [-0.15, -0.1) is 11.8 Å². The quantitative estimate of drug-likeness (QED) is 0.842. The van der Waals surface area contributed by atoms with E-state index >= 15 is 0 Å². The molecule has 104 valence electrons. The lowest BCUT2D eigenvalue weighted by Gasteiger charge is -2.16. The second kappa shape index (κ2) is 4.24. The van der Waals surface area contributed by atoms with Gasteiger partial charge in [-0.1, -0.05) is 15.9 Å². The molecule has 1 N–H and O–H groups in total. The highest BCUT2D eigenvalue weighted by Gasteiger charge is 2.68. The van der Waals surface area contributed by atoms with Crippen molar-refractivity contribution < 1.29 is 9.59 Å². The van der Waals surface area contributed by atoms with Gasteiger partial charge in [-0.05, 0) is 30.2 Å². The number of nitrogens with zero attached hydrogens (tertiary/aromatic N) is 1. The first kappa shape index (κ1) is 12.7. The lowest BCUT2D eigenvalue weighted by molar-refractivity contribution is -0.133. The summed E-state index contributed by atoms with van der Waals surface area (Å²) in [6.45, 7) is 0.809. The third kappa shape index (κ3) is 1.61. The van der Waals surface area contributed by atoms with Crippen LogP contribution in [0.15, 0.2) is 22.7 Å². The molecule has 1 aromatic rings. The number of nitrogens with one attached hydrogen (secondary N) is 1. The Morgan fingerprint density at radius 2 is 2.35 bits per heavy atom. The molecule has 2 atom stereocenters. The first-order valence-corrected chi connectivity index (χ1v) is 8.56. The van der Waals surface area contributed by atoms with Gasteiger partial charge in [0.1, 0.15) is 0 Å². The summed E-state index contributed by atoms with van der Waals surface area (Å²) in [5.41, 5.74) is 1.22. The van der Waals surface area contributed by atoms with E-state index < -0.39 is 5.41 Å². The highest BCUT2D eigenvalue weighted by atomic mass is 79.9. The highest BCUT2D eigenvalue weighted by molar-refractivity contribution is 9.10. The predicted octanol–water partition coefficient (Wildman–Crippen LogP) is 2.19. The molecule has 1 saturated heterocycles. The molecule has 0 radical (unpaired) electrons. The number of hydrogen-bond acceptors (Lipinski definition) is 3. The molecule has 4 rings (SSSR count). The maximum absolute atomic E-state index is 12.5. The van der Waals surface area contributed by atoms with Crippen molar-refractivity contribution in [1.82, 2.24) is 4.90 Å². The van der Waals surface area contributed by atoms with Crippen molar-refractivity contribution >= 4 is 45.2 Å². The largest absolute Gasteiger partial charge is 0.332 e. The van der Waals surface area contributed by atoms with E-state index in [0.717, 1.165) is 33.9 Å². The van der Waals surface area contributed by atoms with Gasteiger partial charge >= 0.3 is 0 Å². The van der Waals surface area contributed by atoms with Crippen molar-refractivity contribution in [1.29, 1.82) is 0 Å². The number of carbonyl (C=O) groups excluding carboxylic acids is 2. The summed E-state index contributed by atoms with van der Waals surface area (Å²) in [5, 5.41) is 2.92. The van der Waals surface area contributed by atoms with E-state index in [9.17, 15) is 9.59 Å². The maximum atomic E-state index is 12.5. The fourth-order valence-electron chi connectivity index (χ4n) is 3.27. The van der Waals surface area contributed by atoms with E-state index in [1.165, 1.54) is 0 Å². The van der Waals surface area contributed by atoms with Crippen LogP contribution in [0.3, 0.4) is 0 Å². The van der Waals surface area contributed by atoms with E-state index in [1.54, 1.807) is 11.8 Å². The molecular formula is C14H13BrN2O2S. The summed E-state index contributed by atoms with van der Waals surface area (Å²) in [6, 6.07) is 5.78. The Labute approximate surface area is 129 Å². The van der Waals surface area contributed by atoms with E-state index in [2.05, 4.69) is 21.2 Å². The normalized spacial score (nSPS) is 30.6. The van der Waals surface area contributed by atoms with Crippen LogP contribution in [0.2, 0.25) is 0 Å². The number of fused-ring (bicyclic) bond motifs is 2. The zero-order chi connectivity index (χ0) is 13.9. The molecular weight excluding hydrogens is 340 g/mol. The molecule has 1 spiro atoms. The summed E-state index contributed by atoms with van der Waals surface area (Å²) in [6.07, 6.45) is 0.641. The first-order valence-electron chi connectivity index (χ1n) is 6.61. The minimum Gasteiger partial charge on any atom is -0.332 e. The van der Waals surface area contributed by atoms with Crippen LogP contribution in [-0.4, -0.2) is 34.9 Å². The molecule has 2 aliphatic heterocycles. The molecule has 20 heavy (non-hydrogen) atoms. The number of carbonyl (C=O) groups is 2. The monoisotopic (exact) mass is 352 g/mol. The van der Waals surface area contributed by atoms with E-state index in [-0.39, 0.29) is 17.7 Å². The minimum absolute atomic E-state index is 0.0178. The zero-order valence-corrected chi connectivity index (χ0v) is 13.1. The number of thioether (sulfide) groups is 1. The van der Waals surface area contributed by atoms with Gasteiger partial charge in [0.05, 0.1) is 17.2 Å². The van der Waals surface area contributed by atoms with Gasteiger partial charge in [-0.3, -0.25) is 9.59 Å². The number of hydrogen-bond donors (Lipinski definition) is 1. The molecule has 0 unspecified atom stereocenters. The second-order valence-corrected chi connectivity index (χ2v) is 7.50. The second-order valence-electron chi connectivity index (χ2n) is 5.51. The van der Waals surface area contributed by atoms with E-state index in [0.29, 0.717) is 6.42 Å². The molecule has 4 nitrogen and oxygen atoms in total. The molecule has 6 heteroatoms. The highest BCUT2D eigenvalue weighted by Crippen LogP contribution is 2.61. The standard InChI is InChI=1S/C14H13BrN2O2S/c15-8-1-2-11-9(5-8)14(13(19)16-11)6-10(14)12(18)17-3-4-20-7-17/h1-2,5,10H,3-4,6-7H2,(H,16,19)/t10-,14-/m1/s1. The summed E-state index contributed by atoms with van der Waals surface area (Å²) in [4.78, 5) is 26.8. The molecule has 0 aromatic heterocycles. The van der Waals surface area contributed by atoms with E-state index in [4.69, 9.17) is 0 Å². The van der Waals surface area contributed by atoms with Crippen LogP contribution < -0.4 is 5.32 Å². The molecule has 1 saturated carbocycles. The summed E-state index contributed by atoms with van der Waals surface area (Å²) < 4.78 is 0.946. The smallest absolute Gasteiger partial charge is 0.235 e. The molecule has 2 fully saturated rings. The Bertz CT molecular complexity index is 630. The SMILES string of the molecule is O=C([C@H]1C[C@]12C(=O)Nc1ccc(Br)cc12)N1CCSC1. The molecule has 1 aliphatic carbocycles. The van der Waals surface area contributed by atoms with Crippen LogP contribution in [0.4, 0.5) is 5.69 Å². The summed E-state index contributed by atoms with van der Waals surface area (Å²) in [5.74, 6) is 1.70. The van der Waals surface area contributed by atoms with Crippen LogP contribution in [0.25, 0.3) is 0 Å². The minimum atomic E-state index is -0.608. The molecule has 2 amide bonds. The predicted molar refractivity (Wildman–Crippen MR) is 81.6 cm³/mol. The number of halogens is 1. The van der Waals surface area contributed by atoms with Gasteiger partial charge in [-0.25, -0.2) is 0 Å². The van der Waals surface area contributed by atoms with Gasteiger partial charge in [0.25, 0.3) is 0 Å². The van der Waals surface area contributed by atoms with Gasteiger partial charge < -0.3 is 10.2 Å². The van der Waals surface area contributed by atoms with Crippen LogP contribution in [0, 0.1) is 5.92 Å². The number of amides is 2. The topological polar surface area (TPSA) is 49.4 Å². The van der Waals surface area contributed by atoms with Crippen molar-refractivity contribution in [2.75, 3.05) is 23.5 Å². The Balaban J connectivity index is 1.68. The average molecular weight is 353 g/mol. The van der Waals surface area contributed by atoms with Crippen molar-refractivity contribution in [3.8, 4) is 0 Å². The Morgan fingerprint density at radius 3 is 3.10 bits per heavy atom. The number of rotatable bonds is 1. The average Bonchev–Trinajstić information content (AvgIpc) is 2.82. The zero-order valence-electron chi connectivity index (χ0n) is 10.7. The van der Waals surface area contributed by atoms with Gasteiger partial charge in [0, 0.05) is 22.5 Å². The summed E-state index contributed by atoms with van der Waals surface area (Å²) in [7, 11) is 0. The van der Waals surface area contributed by atoms with Crippen LogP contribution in [-0.2, 0) is 15.0 Å². The summed E-state index contributed by atoms with van der Waals surface area (Å²) >= 11 is 5.22. The number of benzene rings is 1. The Hall–Kier alpha value is -1.01. The van der Waals surface area contributed by atoms with Crippen molar-refractivity contribution in [2.45, 2.75) is 11.8 Å². The van der Waals surface area contributed by atoms with Crippen molar-refractivity contribution in [3.63, 3.8) is 0 Å². The third-order valence-electron chi connectivity index (χ3n) is 4.44. The van der Waals surface area contributed by atoms with Crippen LogP contribution in [0.5, 0.6) is 0 Å². The van der Waals surface area contributed by atoms with E-state index in [1.807, 2.05) is 23.1 Å². The molecule has 3 aliphatic rings. The molecule has 1 aromatic carbocycles. The van der Waals surface area contributed by atoms with Crippen molar-refractivity contribution in [3.05, 3.63) is 28.2 Å². The van der Waals surface area contributed by atoms with Gasteiger partial charge in [0.15, 0.2) is 0 Å². The lowest BCUT2D eigenvalue weighted by Crippen LogP contribution is -2.33. The van der Waals surface area contributed by atoms with Crippen LogP contribution in [0.1, 0.15) is 12.0 Å². The third-order valence-corrected chi connectivity index (χ3v) is 5.90. The fraction of sp³-hybridized carbons (Fsp3) is 0.429. The number of anilines is 1. The Morgan fingerprint density at radius 1 is 1.50 bits per heavy atom. The van der Waals surface area contributed by atoms with Crippen LogP contribution >= 0.6 is 27.7 Å². The molecule has 0 bridgehead atoms. The lowest BCUT2D eigenvalue weighted by atomic mass is 9.94. The fourth-order valence-corrected chi connectivity index (χ4v) is 4.59. The van der Waals surface area contributed by atoms with Gasteiger partial charge in [0.2, 0.25) is 11.8 Å².